The van der Waals surface area contributed by atoms with Crippen molar-refractivity contribution in [3.05, 3.63) is 12.7 Å². The molecule has 0 spiro atoms. The maximum absolute atomic E-state index is 9.58. The van der Waals surface area contributed by atoms with E-state index in [0.29, 0.717) is 39.6 Å². The molecule has 0 aliphatic carbocycles. The molecule has 0 aliphatic rings. The van der Waals surface area contributed by atoms with Crippen LogP contribution >= 0.6 is 0 Å². The van der Waals surface area contributed by atoms with Crippen molar-refractivity contribution in [2.45, 2.75) is 6.10 Å². The van der Waals surface area contributed by atoms with Crippen LogP contribution in [0, 0.1) is 0 Å². The molecule has 0 fully saturated rings. The second-order valence-corrected chi connectivity index (χ2v) is 6.11. The molecule has 2 N–H and O–H groups in total. The van der Waals surface area contributed by atoms with E-state index in [1.807, 2.05) is 0 Å². The molecule has 26 heavy (non-hydrogen) atoms. The molecule has 8 nitrogen and oxygen atoms in total. The second kappa shape index (κ2) is 19.2. The van der Waals surface area contributed by atoms with E-state index in [9.17, 15) is 5.11 Å². The predicted octanol–water partition coefficient (Wildman–Crippen LogP) is -0.544. The zero-order chi connectivity index (χ0) is 19.5. The van der Waals surface area contributed by atoms with Gasteiger partial charge in [-0.1, -0.05) is 6.08 Å². The van der Waals surface area contributed by atoms with Gasteiger partial charge >= 0.3 is 0 Å². The molecule has 0 heterocycles. The first-order valence-electron chi connectivity index (χ1n) is 9.18. The Balaban J connectivity index is 3.37. The number of ether oxygens (including phenoxy) is 4. The van der Waals surface area contributed by atoms with E-state index >= 15 is 0 Å². The van der Waals surface area contributed by atoms with Gasteiger partial charge in [-0.3, -0.25) is 0 Å². The summed E-state index contributed by atoms with van der Waals surface area (Å²) in [6, 6.07) is 0. The van der Waals surface area contributed by atoms with Crippen molar-refractivity contribution in [1.82, 2.24) is 9.80 Å². The van der Waals surface area contributed by atoms with Gasteiger partial charge in [0.25, 0.3) is 0 Å². The minimum atomic E-state index is -0.618. The summed E-state index contributed by atoms with van der Waals surface area (Å²) in [4.78, 5) is 4.42. The lowest BCUT2D eigenvalue weighted by Crippen LogP contribution is -2.34. The van der Waals surface area contributed by atoms with Crippen molar-refractivity contribution in [2.24, 2.45) is 0 Å². The van der Waals surface area contributed by atoms with E-state index in [1.54, 1.807) is 6.08 Å². The van der Waals surface area contributed by atoms with Gasteiger partial charge in [-0.15, -0.1) is 6.58 Å². The van der Waals surface area contributed by atoms with Gasteiger partial charge in [-0.05, 0) is 14.1 Å². The first-order valence-corrected chi connectivity index (χ1v) is 9.18. The summed E-state index contributed by atoms with van der Waals surface area (Å²) in [7, 11) is 4.12. The Morgan fingerprint density at radius 2 is 1.35 bits per heavy atom. The van der Waals surface area contributed by atoms with Crippen LogP contribution < -0.4 is 0 Å². The summed E-state index contributed by atoms with van der Waals surface area (Å²) in [5, 5.41) is 18.2. The molecule has 0 aliphatic heterocycles. The highest BCUT2D eigenvalue weighted by molar-refractivity contribution is 4.64. The van der Waals surface area contributed by atoms with Crippen molar-refractivity contribution in [2.75, 3.05) is 99.7 Å². The fourth-order valence-electron chi connectivity index (χ4n) is 1.95. The maximum Gasteiger partial charge on any atom is 0.101 e. The van der Waals surface area contributed by atoms with Crippen molar-refractivity contribution < 1.29 is 29.2 Å². The van der Waals surface area contributed by atoms with Crippen LogP contribution in [0.2, 0.25) is 0 Å². The predicted molar refractivity (Wildman–Crippen MR) is 102 cm³/mol. The Kier molecular flexibility index (Phi) is 18.8. The van der Waals surface area contributed by atoms with Crippen molar-refractivity contribution >= 4 is 0 Å². The fourth-order valence-corrected chi connectivity index (χ4v) is 1.95. The first-order chi connectivity index (χ1) is 12.6. The number of hydrogen-bond acceptors (Lipinski definition) is 8. The van der Waals surface area contributed by atoms with Gasteiger partial charge in [0.2, 0.25) is 0 Å². The average molecular weight is 379 g/mol. The highest BCUT2D eigenvalue weighted by atomic mass is 16.5. The molecule has 0 bridgehead atoms. The minimum absolute atomic E-state index is 0.0716. The Morgan fingerprint density at radius 3 is 1.92 bits per heavy atom. The normalized spacial score (nSPS) is 12.8. The monoisotopic (exact) mass is 378 g/mol. The van der Waals surface area contributed by atoms with Crippen LogP contribution in [0.25, 0.3) is 0 Å². The first kappa shape index (κ1) is 25.4. The number of aliphatic hydroxyl groups excluding tert-OH is 2. The summed E-state index contributed by atoms with van der Waals surface area (Å²) in [6.45, 7) is 10.8. The molecule has 0 radical (unpaired) electrons. The number of likely N-dealkylation sites (N-methyl/N-ethyl adjacent to an activating group) is 2. The van der Waals surface area contributed by atoms with Crippen molar-refractivity contribution in [3.63, 3.8) is 0 Å². The Morgan fingerprint density at radius 1 is 0.808 bits per heavy atom. The van der Waals surface area contributed by atoms with Gasteiger partial charge < -0.3 is 39.0 Å². The highest BCUT2D eigenvalue weighted by Gasteiger charge is 2.04. The molecular formula is C18H38N2O6. The molecule has 8 heteroatoms. The zero-order valence-electron chi connectivity index (χ0n) is 16.5. The summed E-state index contributed by atoms with van der Waals surface area (Å²) in [5.74, 6) is 0. The molecule has 0 rings (SSSR count). The van der Waals surface area contributed by atoms with Crippen molar-refractivity contribution in [1.29, 1.82) is 0 Å². The lowest BCUT2D eigenvalue weighted by molar-refractivity contribution is -0.0287. The zero-order valence-corrected chi connectivity index (χ0v) is 16.5. The van der Waals surface area contributed by atoms with E-state index in [-0.39, 0.29) is 19.8 Å². The van der Waals surface area contributed by atoms with Crippen LogP contribution in [0.5, 0.6) is 0 Å². The molecule has 0 aromatic heterocycles. The third-order valence-corrected chi connectivity index (χ3v) is 3.56. The minimum Gasteiger partial charge on any atom is -0.394 e. The molecule has 0 aromatic rings. The van der Waals surface area contributed by atoms with E-state index < -0.39 is 6.10 Å². The molecular weight excluding hydrogens is 340 g/mol. The second-order valence-electron chi connectivity index (χ2n) is 6.11. The number of rotatable bonds is 20. The van der Waals surface area contributed by atoms with Crippen LogP contribution in [0.3, 0.4) is 0 Å². The molecule has 156 valence electrons. The fraction of sp³-hybridized carbons (Fsp3) is 0.889. The average Bonchev–Trinajstić information content (AvgIpc) is 2.63. The van der Waals surface area contributed by atoms with Crippen LogP contribution in [0.15, 0.2) is 12.7 Å². The third kappa shape index (κ3) is 18.2. The van der Waals surface area contributed by atoms with E-state index in [4.69, 9.17) is 24.1 Å². The quantitative estimate of drug-likeness (QED) is 0.216. The lowest BCUT2D eigenvalue weighted by atomic mass is 10.4. The maximum atomic E-state index is 9.58. The molecule has 1 unspecified atom stereocenters. The number of hydrogen-bond donors (Lipinski definition) is 2. The van der Waals surface area contributed by atoms with Gasteiger partial charge in [0.1, 0.15) is 6.10 Å². The third-order valence-electron chi connectivity index (χ3n) is 3.56. The summed E-state index contributed by atoms with van der Waals surface area (Å²) in [5.41, 5.74) is 0. The van der Waals surface area contributed by atoms with Crippen LogP contribution in [-0.2, 0) is 18.9 Å². The Hall–Kier alpha value is -0.580. The SMILES string of the molecule is C=CCOCC(O)COCCOCCN(C)CCN(C)CCOCCO. The Labute approximate surface area is 158 Å². The molecule has 0 saturated carbocycles. The number of nitrogens with zero attached hydrogens (tertiary/aromatic N) is 2. The van der Waals surface area contributed by atoms with Crippen LogP contribution in [0.1, 0.15) is 0 Å². The van der Waals surface area contributed by atoms with Crippen LogP contribution in [-0.4, -0.2) is 126 Å². The molecule has 1 atom stereocenters. The topological polar surface area (TPSA) is 83.9 Å². The molecule has 0 saturated heterocycles. The highest BCUT2D eigenvalue weighted by Crippen LogP contribution is 1.91. The molecule has 0 aromatic carbocycles. The van der Waals surface area contributed by atoms with Gasteiger partial charge in [-0.2, -0.15) is 0 Å². The molecule has 0 amide bonds. The Bertz CT molecular complexity index is 309. The van der Waals surface area contributed by atoms with Gasteiger partial charge in [0.15, 0.2) is 0 Å². The number of aliphatic hydroxyl groups is 2. The summed E-state index contributed by atoms with van der Waals surface area (Å²) in [6.07, 6.45) is 1.02. The largest absolute Gasteiger partial charge is 0.394 e. The smallest absolute Gasteiger partial charge is 0.101 e. The summed E-state index contributed by atoms with van der Waals surface area (Å²) < 4.78 is 21.3. The van der Waals surface area contributed by atoms with E-state index in [2.05, 4.69) is 30.5 Å². The van der Waals surface area contributed by atoms with Crippen molar-refractivity contribution in [3.8, 4) is 0 Å². The van der Waals surface area contributed by atoms with E-state index in [1.165, 1.54) is 0 Å². The van der Waals surface area contributed by atoms with Gasteiger partial charge in [-0.25, -0.2) is 0 Å². The summed E-state index contributed by atoms with van der Waals surface area (Å²) >= 11 is 0. The standard InChI is InChI=1S/C18H38N2O6/c1-4-10-25-16-18(22)17-26-15-14-24-12-8-20(3)6-5-19(2)7-11-23-13-9-21/h4,18,21-22H,1,5-17H2,2-3H3. The van der Waals surface area contributed by atoms with Crippen LogP contribution in [0.4, 0.5) is 0 Å². The van der Waals surface area contributed by atoms with Gasteiger partial charge in [0.05, 0.1) is 59.5 Å². The van der Waals surface area contributed by atoms with E-state index in [0.717, 1.165) is 26.2 Å². The lowest BCUT2D eigenvalue weighted by Gasteiger charge is -2.21. The van der Waals surface area contributed by atoms with Gasteiger partial charge in [0, 0.05) is 26.2 Å².